The number of pyridine rings is 1. The van der Waals surface area contributed by atoms with Gasteiger partial charge < -0.3 is 10.8 Å². The summed E-state index contributed by atoms with van der Waals surface area (Å²) < 4.78 is 0. The average molecular weight is 187 g/mol. The van der Waals surface area contributed by atoms with Crippen LogP contribution in [0.25, 0.3) is 0 Å². The van der Waals surface area contributed by atoms with Gasteiger partial charge in [-0.3, -0.25) is 0 Å². The smallest absolute Gasteiger partial charge is 0.339 e. The van der Waals surface area contributed by atoms with Crippen LogP contribution in [0.4, 0.5) is 5.69 Å². The lowest BCUT2D eigenvalue weighted by atomic mass is 10.1. The predicted molar refractivity (Wildman–Crippen MR) is 45.4 cm³/mol. The van der Waals surface area contributed by atoms with Gasteiger partial charge in [0.05, 0.1) is 11.9 Å². The van der Waals surface area contributed by atoms with Crippen molar-refractivity contribution in [2.75, 3.05) is 5.73 Å². The molecule has 4 nitrogen and oxygen atoms in total. The largest absolute Gasteiger partial charge is 0.478 e. The number of hydrogen-bond acceptors (Lipinski definition) is 3. The molecule has 0 fully saturated rings. The Morgan fingerprint density at radius 3 is 2.75 bits per heavy atom. The van der Waals surface area contributed by atoms with Gasteiger partial charge in [-0.1, -0.05) is 11.6 Å². The van der Waals surface area contributed by atoms with Crippen LogP contribution < -0.4 is 5.73 Å². The molecule has 5 heteroatoms. The second kappa shape index (κ2) is 2.98. The summed E-state index contributed by atoms with van der Waals surface area (Å²) in [5.74, 6) is -1.11. The lowest BCUT2D eigenvalue weighted by Gasteiger charge is -2.04. The third-order valence-electron chi connectivity index (χ3n) is 1.55. The number of carboxylic acid groups (broad SMARTS) is 1. The number of hydrogen-bond donors (Lipinski definition) is 2. The maximum absolute atomic E-state index is 10.6. The number of aromatic nitrogens is 1. The van der Waals surface area contributed by atoms with E-state index < -0.39 is 5.97 Å². The first-order chi connectivity index (χ1) is 5.54. The van der Waals surface area contributed by atoms with E-state index in [9.17, 15) is 4.79 Å². The van der Waals surface area contributed by atoms with Crippen molar-refractivity contribution in [2.24, 2.45) is 0 Å². The number of nitrogens with zero attached hydrogens (tertiary/aromatic N) is 1. The number of aromatic carboxylic acids is 1. The molecule has 0 spiro atoms. The van der Waals surface area contributed by atoms with Crippen LogP contribution in [0.5, 0.6) is 0 Å². The zero-order valence-corrected chi connectivity index (χ0v) is 7.09. The molecule has 1 heterocycles. The van der Waals surface area contributed by atoms with Crippen molar-refractivity contribution in [3.8, 4) is 0 Å². The van der Waals surface area contributed by atoms with Gasteiger partial charge in [0.1, 0.15) is 10.7 Å². The zero-order valence-electron chi connectivity index (χ0n) is 6.34. The average Bonchev–Trinajstić information content (AvgIpc) is 1.97. The predicted octanol–water partition coefficient (Wildman–Crippen LogP) is 1.32. The molecule has 0 amide bonds. The molecule has 3 N–H and O–H groups in total. The van der Waals surface area contributed by atoms with Gasteiger partial charge in [0.25, 0.3) is 0 Å². The Morgan fingerprint density at radius 2 is 2.33 bits per heavy atom. The molecule has 0 bridgehead atoms. The van der Waals surface area contributed by atoms with Crippen LogP contribution in [0.15, 0.2) is 6.20 Å². The quantitative estimate of drug-likeness (QED) is 0.649. The summed E-state index contributed by atoms with van der Waals surface area (Å²) in [6, 6.07) is 0. The lowest BCUT2D eigenvalue weighted by molar-refractivity contribution is 0.0696. The monoisotopic (exact) mass is 186 g/mol. The van der Waals surface area contributed by atoms with Crippen molar-refractivity contribution in [3.63, 3.8) is 0 Å². The summed E-state index contributed by atoms with van der Waals surface area (Å²) in [4.78, 5) is 14.2. The number of nitrogen functional groups attached to an aromatic ring is 1. The summed E-state index contributed by atoms with van der Waals surface area (Å²) in [7, 11) is 0. The van der Waals surface area contributed by atoms with Crippen LogP contribution in [0.2, 0.25) is 5.15 Å². The molecular formula is C7H7ClN2O2. The van der Waals surface area contributed by atoms with Gasteiger partial charge in [0, 0.05) is 0 Å². The van der Waals surface area contributed by atoms with Gasteiger partial charge in [-0.25, -0.2) is 9.78 Å². The fraction of sp³-hybridized carbons (Fsp3) is 0.143. The fourth-order valence-corrected chi connectivity index (χ4v) is 1.11. The molecule has 0 saturated carbocycles. The van der Waals surface area contributed by atoms with Crippen molar-refractivity contribution in [3.05, 3.63) is 22.5 Å². The van der Waals surface area contributed by atoms with E-state index in [0.717, 1.165) is 0 Å². The van der Waals surface area contributed by atoms with Crippen LogP contribution in [0.1, 0.15) is 15.9 Å². The molecule has 1 aromatic heterocycles. The first-order valence-electron chi connectivity index (χ1n) is 3.18. The summed E-state index contributed by atoms with van der Waals surface area (Å²) in [5, 5.41) is 8.66. The second-order valence-electron chi connectivity index (χ2n) is 2.31. The topological polar surface area (TPSA) is 76.2 Å². The van der Waals surface area contributed by atoms with Crippen LogP contribution in [-0.4, -0.2) is 16.1 Å². The number of carboxylic acids is 1. The van der Waals surface area contributed by atoms with Gasteiger partial charge >= 0.3 is 5.97 Å². The summed E-state index contributed by atoms with van der Waals surface area (Å²) in [6.45, 7) is 1.59. The Balaban J connectivity index is 3.43. The molecule has 0 saturated heterocycles. The summed E-state index contributed by atoms with van der Waals surface area (Å²) >= 11 is 5.55. The van der Waals surface area contributed by atoms with Crippen LogP contribution >= 0.6 is 11.6 Å². The number of rotatable bonds is 1. The third-order valence-corrected chi connectivity index (χ3v) is 1.83. The SMILES string of the molecule is Cc1c(N)cnc(Cl)c1C(=O)O. The van der Waals surface area contributed by atoms with Crippen molar-refractivity contribution in [1.82, 2.24) is 4.98 Å². The molecule has 0 aliphatic carbocycles. The number of nitrogens with two attached hydrogens (primary N) is 1. The van der Waals surface area contributed by atoms with E-state index in [-0.39, 0.29) is 10.7 Å². The molecule has 0 atom stereocenters. The maximum atomic E-state index is 10.6. The normalized spacial score (nSPS) is 9.83. The summed E-state index contributed by atoms with van der Waals surface area (Å²) in [5.41, 5.74) is 6.19. The standard InChI is InChI=1S/C7H7ClN2O2/c1-3-4(9)2-10-6(8)5(3)7(11)12/h2H,9H2,1H3,(H,11,12). The molecule has 1 rings (SSSR count). The van der Waals surface area contributed by atoms with Crippen molar-refractivity contribution in [2.45, 2.75) is 6.92 Å². The van der Waals surface area contributed by atoms with E-state index >= 15 is 0 Å². The van der Waals surface area contributed by atoms with E-state index in [1.165, 1.54) is 6.20 Å². The molecule has 0 aliphatic heterocycles. The van der Waals surface area contributed by atoms with Crippen LogP contribution in [0.3, 0.4) is 0 Å². The first-order valence-corrected chi connectivity index (χ1v) is 3.55. The van der Waals surface area contributed by atoms with Crippen molar-refractivity contribution < 1.29 is 9.90 Å². The minimum absolute atomic E-state index is 0.0309. The minimum Gasteiger partial charge on any atom is -0.478 e. The Kier molecular flexibility index (Phi) is 2.19. The van der Waals surface area contributed by atoms with E-state index in [0.29, 0.717) is 11.3 Å². The highest BCUT2D eigenvalue weighted by molar-refractivity contribution is 6.32. The lowest BCUT2D eigenvalue weighted by Crippen LogP contribution is -2.05. The van der Waals surface area contributed by atoms with Crippen LogP contribution in [0, 0.1) is 6.92 Å². The molecule has 0 aromatic carbocycles. The highest BCUT2D eigenvalue weighted by atomic mass is 35.5. The number of anilines is 1. The highest BCUT2D eigenvalue weighted by Gasteiger charge is 2.14. The Morgan fingerprint density at radius 1 is 1.75 bits per heavy atom. The Bertz CT molecular complexity index is 338. The molecule has 1 aromatic rings. The zero-order chi connectivity index (χ0) is 9.30. The van der Waals surface area contributed by atoms with Gasteiger partial charge in [-0.2, -0.15) is 0 Å². The Labute approximate surface area is 74.0 Å². The molecule has 64 valence electrons. The molecule has 0 radical (unpaired) electrons. The maximum Gasteiger partial charge on any atom is 0.339 e. The van der Waals surface area contributed by atoms with Gasteiger partial charge in [-0.15, -0.1) is 0 Å². The number of halogens is 1. The highest BCUT2D eigenvalue weighted by Crippen LogP contribution is 2.21. The third kappa shape index (κ3) is 1.33. The van der Waals surface area contributed by atoms with E-state index in [1.807, 2.05) is 0 Å². The van der Waals surface area contributed by atoms with E-state index in [4.69, 9.17) is 22.4 Å². The summed E-state index contributed by atoms with van der Waals surface area (Å²) in [6.07, 6.45) is 1.34. The van der Waals surface area contributed by atoms with Crippen LogP contribution in [-0.2, 0) is 0 Å². The molecule has 0 aliphatic rings. The minimum atomic E-state index is -1.11. The molecular weight excluding hydrogens is 180 g/mol. The first kappa shape index (κ1) is 8.80. The molecule has 0 unspecified atom stereocenters. The van der Waals surface area contributed by atoms with Gasteiger partial charge in [-0.05, 0) is 12.5 Å². The van der Waals surface area contributed by atoms with Crippen molar-refractivity contribution in [1.29, 1.82) is 0 Å². The molecule has 12 heavy (non-hydrogen) atoms. The fourth-order valence-electron chi connectivity index (χ4n) is 0.835. The van der Waals surface area contributed by atoms with E-state index in [1.54, 1.807) is 6.92 Å². The van der Waals surface area contributed by atoms with Crippen molar-refractivity contribution >= 4 is 23.3 Å². The second-order valence-corrected chi connectivity index (χ2v) is 2.67. The van der Waals surface area contributed by atoms with Gasteiger partial charge in [0.15, 0.2) is 0 Å². The Hall–Kier alpha value is -1.29. The number of carbonyl (C=O) groups is 1. The van der Waals surface area contributed by atoms with Gasteiger partial charge in [0.2, 0.25) is 0 Å². The van der Waals surface area contributed by atoms with E-state index in [2.05, 4.69) is 4.98 Å².